The SMILES string of the molecule is Cc1ccc(NC(=O)CN(C)Cc2ncc(-c3ccccc3)o2)cc1. The average molecular weight is 335 g/mol. The van der Waals surface area contributed by atoms with Gasteiger partial charge < -0.3 is 9.73 Å². The Hall–Kier alpha value is -2.92. The molecule has 3 rings (SSSR count). The van der Waals surface area contributed by atoms with Gasteiger partial charge in [-0.3, -0.25) is 9.69 Å². The molecule has 1 N–H and O–H groups in total. The van der Waals surface area contributed by atoms with E-state index in [1.165, 1.54) is 0 Å². The van der Waals surface area contributed by atoms with E-state index in [-0.39, 0.29) is 12.5 Å². The molecule has 0 aliphatic carbocycles. The summed E-state index contributed by atoms with van der Waals surface area (Å²) in [7, 11) is 1.86. The molecule has 1 amide bonds. The molecular weight excluding hydrogens is 314 g/mol. The maximum absolute atomic E-state index is 12.1. The van der Waals surface area contributed by atoms with E-state index in [9.17, 15) is 4.79 Å². The Morgan fingerprint density at radius 3 is 2.56 bits per heavy atom. The molecule has 3 aromatic rings. The second kappa shape index (κ2) is 7.77. The standard InChI is InChI=1S/C20H21N3O2/c1-15-8-10-17(11-9-15)22-19(24)13-23(2)14-20-21-12-18(25-20)16-6-4-3-5-7-16/h3-12H,13-14H2,1-2H3,(H,22,24). The number of amides is 1. The van der Waals surface area contributed by atoms with Gasteiger partial charge in [0.05, 0.1) is 19.3 Å². The first-order chi connectivity index (χ1) is 12.1. The summed E-state index contributed by atoms with van der Waals surface area (Å²) in [5.74, 6) is 1.25. The van der Waals surface area contributed by atoms with Crippen LogP contribution in [0.25, 0.3) is 11.3 Å². The number of nitrogens with one attached hydrogen (secondary N) is 1. The summed E-state index contributed by atoms with van der Waals surface area (Å²) in [6.07, 6.45) is 1.71. The van der Waals surface area contributed by atoms with Crippen LogP contribution in [-0.2, 0) is 11.3 Å². The zero-order valence-corrected chi connectivity index (χ0v) is 14.4. The minimum Gasteiger partial charge on any atom is -0.439 e. The summed E-state index contributed by atoms with van der Waals surface area (Å²) >= 11 is 0. The molecule has 0 saturated carbocycles. The first kappa shape index (κ1) is 16.9. The average Bonchev–Trinajstić information content (AvgIpc) is 3.06. The molecule has 5 nitrogen and oxygen atoms in total. The predicted molar refractivity (Wildman–Crippen MR) is 98.1 cm³/mol. The fourth-order valence-corrected chi connectivity index (χ4v) is 2.49. The molecule has 0 radical (unpaired) electrons. The van der Waals surface area contributed by atoms with Gasteiger partial charge in [-0.25, -0.2) is 4.98 Å². The third kappa shape index (κ3) is 4.78. The van der Waals surface area contributed by atoms with Crippen LogP contribution in [0.3, 0.4) is 0 Å². The van der Waals surface area contributed by atoms with Crippen molar-refractivity contribution in [3.05, 3.63) is 72.2 Å². The highest BCUT2D eigenvalue weighted by atomic mass is 16.4. The van der Waals surface area contributed by atoms with Crippen molar-refractivity contribution in [1.29, 1.82) is 0 Å². The van der Waals surface area contributed by atoms with Crippen molar-refractivity contribution in [3.8, 4) is 11.3 Å². The normalized spacial score (nSPS) is 10.8. The highest BCUT2D eigenvalue weighted by Crippen LogP contribution is 2.20. The number of benzene rings is 2. The lowest BCUT2D eigenvalue weighted by Crippen LogP contribution is -2.29. The van der Waals surface area contributed by atoms with Crippen molar-refractivity contribution in [1.82, 2.24) is 9.88 Å². The quantitative estimate of drug-likeness (QED) is 0.746. The third-order valence-corrected chi connectivity index (χ3v) is 3.77. The molecule has 0 aliphatic heterocycles. The van der Waals surface area contributed by atoms with Gasteiger partial charge in [-0.05, 0) is 26.1 Å². The molecule has 1 heterocycles. The summed E-state index contributed by atoms with van der Waals surface area (Å²) in [5, 5.41) is 2.89. The molecule has 1 aromatic heterocycles. The lowest BCUT2D eigenvalue weighted by molar-refractivity contribution is -0.117. The van der Waals surface area contributed by atoms with Gasteiger partial charge in [-0.2, -0.15) is 0 Å². The molecular formula is C20H21N3O2. The number of oxazole rings is 1. The maximum Gasteiger partial charge on any atom is 0.238 e. The number of carbonyl (C=O) groups excluding carboxylic acids is 1. The van der Waals surface area contributed by atoms with Gasteiger partial charge >= 0.3 is 0 Å². The summed E-state index contributed by atoms with van der Waals surface area (Å²) in [5.41, 5.74) is 2.95. The van der Waals surface area contributed by atoms with Crippen LogP contribution in [0.15, 0.2) is 65.2 Å². The first-order valence-corrected chi connectivity index (χ1v) is 8.15. The Morgan fingerprint density at radius 2 is 1.84 bits per heavy atom. The number of anilines is 1. The fourth-order valence-electron chi connectivity index (χ4n) is 2.49. The van der Waals surface area contributed by atoms with Crippen molar-refractivity contribution < 1.29 is 9.21 Å². The number of rotatable bonds is 6. The second-order valence-corrected chi connectivity index (χ2v) is 6.07. The van der Waals surface area contributed by atoms with Crippen molar-refractivity contribution >= 4 is 11.6 Å². The Balaban J connectivity index is 1.54. The Bertz CT molecular complexity index is 826. The Kier molecular flexibility index (Phi) is 5.26. The van der Waals surface area contributed by atoms with Gasteiger partial charge in [0, 0.05) is 11.3 Å². The van der Waals surface area contributed by atoms with Crippen molar-refractivity contribution in [2.75, 3.05) is 18.9 Å². The van der Waals surface area contributed by atoms with E-state index in [1.807, 2.05) is 73.5 Å². The number of nitrogens with zero attached hydrogens (tertiary/aromatic N) is 2. The minimum atomic E-state index is -0.0683. The van der Waals surface area contributed by atoms with Crippen LogP contribution >= 0.6 is 0 Å². The van der Waals surface area contributed by atoms with Crippen LogP contribution in [0.4, 0.5) is 5.69 Å². The zero-order valence-electron chi connectivity index (χ0n) is 14.4. The molecule has 0 saturated heterocycles. The number of aromatic nitrogens is 1. The number of aryl methyl sites for hydroxylation is 1. The highest BCUT2D eigenvalue weighted by Gasteiger charge is 2.12. The monoisotopic (exact) mass is 335 g/mol. The van der Waals surface area contributed by atoms with E-state index < -0.39 is 0 Å². The largest absolute Gasteiger partial charge is 0.439 e. The molecule has 0 fully saturated rings. The van der Waals surface area contributed by atoms with Gasteiger partial charge in [0.2, 0.25) is 11.8 Å². The van der Waals surface area contributed by atoms with Gasteiger partial charge in [-0.15, -0.1) is 0 Å². The third-order valence-electron chi connectivity index (χ3n) is 3.77. The molecule has 128 valence electrons. The minimum absolute atomic E-state index is 0.0683. The molecule has 0 bridgehead atoms. The van der Waals surface area contributed by atoms with Crippen molar-refractivity contribution in [2.45, 2.75) is 13.5 Å². The van der Waals surface area contributed by atoms with Crippen LogP contribution in [0.5, 0.6) is 0 Å². The van der Waals surface area contributed by atoms with Crippen molar-refractivity contribution in [2.24, 2.45) is 0 Å². The van der Waals surface area contributed by atoms with Gasteiger partial charge in [0.25, 0.3) is 0 Å². The summed E-state index contributed by atoms with van der Waals surface area (Å²) in [4.78, 5) is 18.3. The van der Waals surface area contributed by atoms with Crippen LogP contribution in [0, 0.1) is 6.92 Å². The number of likely N-dealkylation sites (N-methyl/N-ethyl adjacent to an activating group) is 1. The highest BCUT2D eigenvalue weighted by molar-refractivity contribution is 5.92. The number of hydrogen-bond donors (Lipinski definition) is 1. The van der Waals surface area contributed by atoms with E-state index >= 15 is 0 Å². The van der Waals surface area contributed by atoms with E-state index in [0.29, 0.717) is 12.4 Å². The molecule has 5 heteroatoms. The Labute approximate surface area is 147 Å². The first-order valence-electron chi connectivity index (χ1n) is 8.15. The summed E-state index contributed by atoms with van der Waals surface area (Å²) in [6, 6.07) is 17.6. The van der Waals surface area contributed by atoms with Crippen molar-refractivity contribution in [3.63, 3.8) is 0 Å². The smallest absolute Gasteiger partial charge is 0.238 e. The number of carbonyl (C=O) groups is 1. The van der Waals surface area contributed by atoms with E-state index in [0.717, 1.165) is 22.6 Å². The van der Waals surface area contributed by atoms with Crippen LogP contribution in [0.2, 0.25) is 0 Å². The molecule has 0 aliphatic rings. The van der Waals surface area contributed by atoms with Crippen LogP contribution < -0.4 is 5.32 Å². The van der Waals surface area contributed by atoms with Crippen LogP contribution in [0.1, 0.15) is 11.5 Å². The Morgan fingerprint density at radius 1 is 1.12 bits per heavy atom. The fraction of sp³-hybridized carbons (Fsp3) is 0.200. The lowest BCUT2D eigenvalue weighted by atomic mass is 10.2. The molecule has 0 spiro atoms. The molecule has 2 aromatic carbocycles. The molecule has 25 heavy (non-hydrogen) atoms. The lowest BCUT2D eigenvalue weighted by Gasteiger charge is -2.14. The van der Waals surface area contributed by atoms with Crippen LogP contribution in [-0.4, -0.2) is 29.4 Å². The van der Waals surface area contributed by atoms with Gasteiger partial charge in [0.1, 0.15) is 0 Å². The van der Waals surface area contributed by atoms with E-state index in [4.69, 9.17) is 4.42 Å². The predicted octanol–water partition coefficient (Wildman–Crippen LogP) is 3.72. The second-order valence-electron chi connectivity index (χ2n) is 6.07. The topological polar surface area (TPSA) is 58.4 Å². The maximum atomic E-state index is 12.1. The van der Waals surface area contributed by atoms with Gasteiger partial charge in [-0.1, -0.05) is 48.0 Å². The van der Waals surface area contributed by atoms with E-state index in [1.54, 1.807) is 6.20 Å². The molecule has 0 atom stereocenters. The van der Waals surface area contributed by atoms with Gasteiger partial charge in [0.15, 0.2) is 5.76 Å². The summed E-state index contributed by atoms with van der Waals surface area (Å²) < 4.78 is 5.77. The number of hydrogen-bond acceptors (Lipinski definition) is 4. The zero-order chi connectivity index (χ0) is 17.6. The summed E-state index contributed by atoms with van der Waals surface area (Å²) in [6.45, 7) is 2.74. The van der Waals surface area contributed by atoms with E-state index in [2.05, 4.69) is 10.3 Å². The molecule has 0 unspecified atom stereocenters.